The Bertz CT molecular complexity index is 340. The van der Waals surface area contributed by atoms with Gasteiger partial charge in [0, 0.05) is 10.9 Å². The number of rotatable bonds is 9. The number of nitrogens with one attached hydrogen (secondary N) is 1. The molecule has 1 aromatic rings. The summed E-state index contributed by atoms with van der Waals surface area (Å²) >= 11 is 1.93. The second-order valence-corrected chi connectivity index (χ2v) is 7.34. The van der Waals surface area contributed by atoms with Gasteiger partial charge in [0.15, 0.2) is 0 Å². The highest BCUT2D eigenvalue weighted by atomic mass is 32.1. The van der Waals surface area contributed by atoms with Crippen LogP contribution in [0.4, 0.5) is 0 Å². The first-order chi connectivity index (χ1) is 9.85. The molecule has 1 aliphatic carbocycles. The topological polar surface area (TPSA) is 12.0 Å². The summed E-state index contributed by atoms with van der Waals surface area (Å²) in [5.74, 6) is 1.73. The molecular weight excluding hydrogens is 262 g/mol. The van der Waals surface area contributed by atoms with E-state index in [9.17, 15) is 0 Å². The summed E-state index contributed by atoms with van der Waals surface area (Å²) in [6.07, 6.45) is 11.1. The molecule has 2 atom stereocenters. The maximum atomic E-state index is 3.93. The molecule has 0 saturated heterocycles. The predicted molar refractivity (Wildman–Crippen MR) is 90.3 cm³/mol. The Morgan fingerprint density at radius 1 is 1.30 bits per heavy atom. The van der Waals surface area contributed by atoms with Crippen LogP contribution < -0.4 is 5.32 Å². The molecule has 1 aliphatic rings. The van der Waals surface area contributed by atoms with Crippen molar-refractivity contribution in [3.05, 3.63) is 22.4 Å². The monoisotopic (exact) mass is 293 g/mol. The molecule has 1 aromatic heterocycles. The third-order valence-corrected chi connectivity index (χ3v) is 5.85. The van der Waals surface area contributed by atoms with E-state index in [0.717, 1.165) is 11.8 Å². The van der Waals surface area contributed by atoms with Crippen molar-refractivity contribution < 1.29 is 0 Å². The van der Waals surface area contributed by atoms with Crippen molar-refractivity contribution in [1.82, 2.24) is 5.32 Å². The summed E-state index contributed by atoms with van der Waals surface area (Å²) in [7, 11) is 0. The predicted octanol–water partition coefficient (Wildman–Crippen LogP) is 5.79. The van der Waals surface area contributed by atoms with Gasteiger partial charge in [-0.05, 0) is 49.1 Å². The molecule has 1 nitrogen and oxygen atoms in total. The molecule has 0 spiro atoms. The van der Waals surface area contributed by atoms with Gasteiger partial charge in [-0.1, -0.05) is 52.0 Å². The van der Waals surface area contributed by atoms with Gasteiger partial charge in [-0.15, -0.1) is 11.3 Å². The van der Waals surface area contributed by atoms with Crippen LogP contribution in [0.15, 0.2) is 17.5 Å². The van der Waals surface area contributed by atoms with Crippen molar-refractivity contribution in [2.75, 3.05) is 6.54 Å². The average Bonchev–Trinajstić information content (AvgIpc) is 3.16. The summed E-state index contributed by atoms with van der Waals surface area (Å²) < 4.78 is 0. The maximum Gasteiger partial charge on any atom is 0.0443 e. The lowest BCUT2D eigenvalue weighted by Gasteiger charge is -2.26. The van der Waals surface area contributed by atoms with E-state index < -0.39 is 0 Å². The van der Waals surface area contributed by atoms with Crippen molar-refractivity contribution >= 4 is 11.3 Å². The Hall–Kier alpha value is -0.340. The fraction of sp³-hybridized carbons (Fsp3) is 0.778. The highest BCUT2D eigenvalue weighted by Gasteiger charge is 2.27. The Morgan fingerprint density at radius 3 is 2.70 bits per heavy atom. The molecule has 2 heteroatoms. The third-order valence-electron chi connectivity index (χ3n) is 4.89. The van der Waals surface area contributed by atoms with E-state index in [4.69, 9.17) is 0 Å². The van der Waals surface area contributed by atoms with Gasteiger partial charge in [0.05, 0.1) is 0 Å². The molecule has 1 saturated carbocycles. The number of hydrogen-bond donors (Lipinski definition) is 1. The van der Waals surface area contributed by atoms with Gasteiger partial charge in [-0.25, -0.2) is 0 Å². The van der Waals surface area contributed by atoms with Crippen LogP contribution in [0.25, 0.3) is 0 Å². The van der Waals surface area contributed by atoms with E-state index in [-0.39, 0.29) is 0 Å². The van der Waals surface area contributed by atoms with Gasteiger partial charge < -0.3 is 5.32 Å². The van der Waals surface area contributed by atoms with E-state index >= 15 is 0 Å². The minimum Gasteiger partial charge on any atom is -0.309 e. The quantitative estimate of drug-likeness (QED) is 0.608. The first-order valence-corrected chi connectivity index (χ1v) is 9.49. The summed E-state index contributed by atoms with van der Waals surface area (Å²) in [6.45, 7) is 5.85. The lowest BCUT2D eigenvalue weighted by atomic mass is 9.94. The maximum absolute atomic E-state index is 3.93. The van der Waals surface area contributed by atoms with E-state index in [2.05, 4.69) is 36.7 Å². The van der Waals surface area contributed by atoms with Crippen LogP contribution in [0.3, 0.4) is 0 Å². The van der Waals surface area contributed by atoms with Gasteiger partial charge in [0.2, 0.25) is 0 Å². The van der Waals surface area contributed by atoms with Crippen molar-refractivity contribution in [2.24, 2.45) is 11.8 Å². The molecule has 2 rings (SSSR count). The molecule has 0 aromatic carbocycles. The number of thiophene rings is 1. The van der Waals surface area contributed by atoms with Gasteiger partial charge in [-0.3, -0.25) is 0 Å². The smallest absolute Gasteiger partial charge is 0.0443 e. The van der Waals surface area contributed by atoms with Gasteiger partial charge in [0.25, 0.3) is 0 Å². The largest absolute Gasteiger partial charge is 0.309 e. The SMILES string of the molecule is CCCCC(CC)CNC(c1cccs1)C1CCCC1. The van der Waals surface area contributed by atoms with E-state index in [1.54, 1.807) is 4.88 Å². The molecule has 1 N–H and O–H groups in total. The Labute approximate surface area is 129 Å². The van der Waals surface area contributed by atoms with Crippen LogP contribution in [0.5, 0.6) is 0 Å². The van der Waals surface area contributed by atoms with Crippen LogP contribution in [0, 0.1) is 11.8 Å². The normalized spacial score (nSPS) is 19.3. The first-order valence-electron chi connectivity index (χ1n) is 8.61. The second-order valence-electron chi connectivity index (χ2n) is 6.36. The summed E-state index contributed by atoms with van der Waals surface area (Å²) in [6, 6.07) is 5.15. The molecule has 0 bridgehead atoms. The van der Waals surface area contributed by atoms with Crippen LogP contribution in [0.2, 0.25) is 0 Å². The van der Waals surface area contributed by atoms with Crippen molar-refractivity contribution in [1.29, 1.82) is 0 Å². The Morgan fingerprint density at radius 2 is 2.10 bits per heavy atom. The third kappa shape index (κ3) is 4.60. The standard InChI is InChI=1S/C18H31NS/c1-3-5-9-15(4-2)14-19-18(16-10-6-7-11-16)17-12-8-13-20-17/h8,12-13,15-16,18-19H,3-7,9-11,14H2,1-2H3. The van der Waals surface area contributed by atoms with Crippen LogP contribution in [0.1, 0.15) is 76.1 Å². The molecular formula is C18H31NS. The average molecular weight is 294 g/mol. The fourth-order valence-electron chi connectivity index (χ4n) is 3.50. The van der Waals surface area contributed by atoms with Crippen LogP contribution in [-0.4, -0.2) is 6.54 Å². The summed E-state index contributed by atoms with van der Waals surface area (Å²) in [5.41, 5.74) is 0. The Balaban J connectivity index is 1.90. The summed E-state index contributed by atoms with van der Waals surface area (Å²) in [4.78, 5) is 1.56. The minimum absolute atomic E-state index is 0.619. The number of unbranched alkanes of at least 4 members (excludes halogenated alkanes) is 1. The molecule has 1 fully saturated rings. The number of hydrogen-bond acceptors (Lipinski definition) is 2. The van der Waals surface area contributed by atoms with Crippen LogP contribution >= 0.6 is 11.3 Å². The molecule has 0 radical (unpaired) electrons. The second kappa shape index (κ2) is 8.84. The molecule has 0 aliphatic heterocycles. The molecule has 0 amide bonds. The van der Waals surface area contributed by atoms with E-state index in [0.29, 0.717) is 6.04 Å². The summed E-state index contributed by atoms with van der Waals surface area (Å²) in [5, 5.41) is 6.16. The zero-order valence-corrected chi connectivity index (χ0v) is 14.1. The van der Waals surface area contributed by atoms with Crippen molar-refractivity contribution in [2.45, 2.75) is 71.3 Å². The fourth-order valence-corrected chi connectivity index (χ4v) is 4.39. The highest BCUT2D eigenvalue weighted by Crippen LogP contribution is 2.37. The van der Waals surface area contributed by atoms with Crippen LogP contribution in [-0.2, 0) is 0 Å². The minimum atomic E-state index is 0.619. The first kappa shape index (κ1) is 16.0. The van der Waals surface area contributed by atoms with Gasteiger partial charge in [-0.2, -0.15) is 0 Å². The van der Waals surface area contributed by atoms with E-state index in [1.165, 1.54) is 57.9 Å². The molecule has 2 unspecified atom stereocenters. The lowest BCUT2D eigenvalue weighted by molar-refractivity contribution is 0.328. The Kier molecular flexibility index (Phi) is 7.09. The molecule has 114 valence electrons. The van der Waals surface area contributed by atoms with Gasteiger partial charge in [0.1, 0.15) is 0 Å². The zero-order chi connectivity index (χ0) is 14.2. The lowest BCUT2D eigenvalue weighted by Crippen LogP contribution is -2.31. The van der Waals surface area contributed by atoms with E-state index in [1.807, 2.05) is 11.3 Å². The molecule has 20 heavy (non-hydrogen) atoms. The van der Waals surface area contributed by atoms with Crippen molar-refractivity contribution in [3.8, 4) is 0 Å². The zero-order valence-electron chi connectivity index (χ0n) is 13.2. The highest BCUT2D eigenvalue weighted by molar-refractivity contribution is 7.10. The van der Waals surface area contributed by atoms with Gasteiger partial charge >= 0.3 is 0 Å². The molecule has 1 heterocycles. The van der Waals surface area contributed by atoms with Crippen molar-refractivity contribution in [3.63, 3.8) is 0 Å².